The minimum atomic E-state index is -0.0835. The third-order valence-corrected chi connectivity index (χ3v) is 18.7. The van der Waals surface area contributed by atoms with Gasteiger partial charge in [0.2, 0.25) is 0 Å². The summed E-state index contributed by atoms with van der Waals surface area (Å²) in [5, 5.41) is 0. The molecule has 0 saturated carbocycles. The summed E-state index contributed by atoms with van der Waals surface area (Å²) < 4.78 is 7.67. The zero-order valence-electron chi connectivity index (χ0n) is 42.4. The number of hydrogen-bond donors (Lipinski definition) is 0. The Morgan fingerprint density at radius 1 is 0.391 bits per heavy atom. The highest BCUT2D eigenvalue weighted by Crippen LogP contribution is 2.56. The zero-order valence-corrected chi connectivity index (χ0v) is 42.4. The van der Waals surface area contributed by atoms with E-state index in [1.165, 1.54) is 128 Å². The molecule has 4 aromatic carbocycles. The summed E-state index contributed by atoms with van der Waals surface area (Å²) in [5.41, 5.74) is 21.5. The molecule has 4 heteroatoms. The topological polar surface area (TPSA) is 19.6 Å². The minimum Gasteiger partial charge on any atom is -0.444 e. The largest absolute Gasteiger partial charge is 0.444 e. The van der Waals surface area contributed by atoms with Crippen molar-refractivity contribution in [1.82, 2.24) is 0 Å². The van der Waals surface area contributed by atoms with Crippen molar-refractivity contribution in [3.8, 4) is 0 Å². The predicted octanol–water partition coefficient (Wildman–Crippen LogP) is 14.8. The molecule has 1 aromatic heterocycles. The van der Waals surface area contributed by atoms with Gasteiger partial charge in [0.15, 0.2) is 5.88 Å². The van der Waals surface area contributed by atoms with E-state index in [2.05, 4.69) is 187 Å². The van der Waals surface area contributed by atoms with E-state index in [0.29, 0.717) is 0 Å². The molecule has 0 amide bonds. The fourth-order valence-corrected chi connectivity index (χ4v) is 13.8. The van der Waals surface area contributed by atoms with Crippen LogP contribution in [-0.4, -0.2) is 6.71 Å². The molecule has 64 heavy (non-hydrogen) atoms. The number of fused-ring (bicyclic) bond motifs is 9. The van der Waals surface area contributed by atoms with Crippen molar-refractivity contribution in [2.75, 3.05) is 9.80 Å². The van der Waals surface area contributed by atoms with E-state index < -0.39 is 0 Å². The molecule has 334 valence electrons. The van der Waals surface area contributed by atoms with Crippen molar-refractivity contribution in [2.45, 2.75) is 205 Å². The Bertz CT molecular complexity index is 2820. The third kappa shape index (κ3) is 5.77. The molecule has 3 nitrogen and oxygen atoms in total. The van der Waals surface area contributed by atoms with Crippen molar-refractivity contribution in [1.29, 1.82) is 0 Å². The van der Waals surface area contributed by atoms with E-state index in [4.69, 9.17) is 4.42 Å². The lowest BCUT2D eigenvalue weighted by molar-refractivity contribution is 0.280. The number of hydrogen-bond acceptors (Lipinski definition) is 3. The van der Waals surface area contributed by atoms with Crippen LogP contribution < -0.4 is 26.2 Å². The highest BCUT2D eigenvalue weighted by molar-refractivity contribution is 7.00. The normalized spacial score (nSPS) is 23.7. The average Bonchev–Trinajstić information content (AvgIpc) is 3.64. The van der Waals surface area contributed by atoms with Gasteiger partial charge in [-0.05, 0) is 187 Å². The van der Waals surface area contributed by atoms with E-state index in [9.17, 15) is 0 Å². The van der Waals surface area contributed by atoms with Crippen LogP contribution in [0.25, 0.3) is 0 Å². The fourth-order valence-electron chi connectivity index (χ4n) is 13.8. The maximum Gasteiger partial charge on any atom is 0.256 e. The molecule has 0 saturated heterocycles. The van der Waals surface area contributed by atoms with Gasteiger partial charge in [0.05, 0.1) is 0 Å². The van der Waals surface area contributed by atoms with Crippen LogP contribution in [0.5, 0.6) is 0 Å². The van der Waals surface area contributed by atoms with Crippen molar-refractivity contribution in [3.05, 3.63) is 111 Å². The molecule has 0 fully saturated rings. The second kappa shape index (κ2) is 12.8. The van der Waals surface area contributed by atoms with Gasteiger partial charge in [-0.25, -0.2) is 0 Å². The summed E-state index contributed by atoms with van der Waals surface area (Å²) in [6, 6.07) is 27.6. The van der Waals surface area contributed by atoms with Gasteiger partial charge in [-0.2, -0.15) is 0 Å². The molecule has 0 N–H and O–H groups in total. The van der Waals surface area contributed by atoms with Crippen LogP contribution in [0, 0.1) is 0 Å². The zero-order chi connectivity index (χ0) is 45.7. The van der Waals surface area contributed by atoms with Crippen molar-refractivity contribution < 1.29 is 4.42 Å². The Hall–Kier alpha value is -4.18. The smallest absolute Gasteiger partial charge is 0.256 e. The van der Waals surface area contributed by atoms with Gasteiger partial charge in [0.25, 0.3) is 6.71 Å². The summed E-state index contributed by atoms with van der Waals surface area (Å²) in [6.45, 7) is 39.5. The predicted molar refractivity (Wildman–Crippen MR) is 274 cm³/mol. The van der Waals surface area contributed by atoms with Gasteiger partial charge in [-0.15, -0.1) is 0 Å². The van der Waals surface area contributed by atoms with Crippen LogP contribution in [0.15, 0.2) is 71.1 Å². The van der Waals surface area contributed by atoms with Gasteiger partial charge in [-0.1, -0.05) is 135 Å². The Morgan fingerprint density at radius 2 is 0.797 bits per heavy atom. The first kappa shape index (κ1) is 42.5. The van der Waals surface area contributed by atoms with E-state index in [1.807, 2.05) is 0 Å². The van der Waals surface area contributed by atoms with Crippen LogP contribution >= 0.6 is 0 Å². The molecule has 5 aromatic rings. The van der Waals surface area contributed by atoms with Gasteiger partial charge in [0.1, 0.15) is 5.76 Å². The van der Waals surface area contributed by atoms with Gasteiger partial charge in [0, 0.05) is 33.9 Å². The quantitative estimate of drug-likeness (QED) is 0.162. The number of furan rings is 1. The number of rotatable bonds is 2. The standard InChI is InChI=1S/C60H75BN2O/c1-53(2)24-26-55(5,6)40-32-36(20-22-38(40)53)62-45-18-17-19-46-49(45)61(44-34-42-43(35-47(44)62)58(11,12)29-28-57(42,9)10)50-48-51(60(15,16)31-30-59(48,13)14)64-52(50)63(46)37-21-23-39-41(33-37)56(7,8)27-25-54(39,3)4/h17-23,32-35H,24-31H2,1-16H3. The molecule has 2 aliphatic heterocycles. The third-order valence-electron chi connectivity index (χ3n) is 18.7. The number of nitrogens with zero attached hydrogens (tertiary/aromatic N) is 2. The first-order valence-corrected chi connectivity index (χ1v) is 25.1. The van der Waals surface area contributed by atoms with E-state index >= 15 is 0 Å². The van der Waals surface area contributed by atoms with Crippen LogP contribution in [-0.2, 0) is 43.3 Å². The molecular formula is C60H75BN2O. The Morgan fingerprint density at radius 3 is 1.31 bits per heavy atom. The van der Waals surface area contributed by atoms with Crippen LogP contribution in [0.1, 0.15) is 207 Å². The summed E-state index contributed by atoms with van der Waals surface area (Å²) >= 11 is 0. The number of benzene rings is 4. The maximum absolute atomic E-state index is 7.67. The van der Waals surface area contributed by atoms with Crippen LogP contribution in [0.3, 0.4) is 0 Å². The Kier molecular flexibility index (Phi) is 8.51. The minimum absolute atomic E-state index is 0.0246. The molecule has 0 atom stereocenters. The molecular weight excluding hydrogens is 775 g/mol. The first-order chi connectivity index (χ1) is 29.7. The Labute approximate surface area is 386 Å². The van der Waals surface area contributed by atoms with Crippen LogP contribution in [0.4, 0.5) is 34.3 Å². The van der Waals surface area contributed by atoms with E-state index in [0.717, 1.165) is 18.7 Å². The average molecular weight is 851 g/mol. The first-order valence-electron chi connectivity index (χ1n) is 25.1. The fraction of sp³-hybridized carbons (Fsp3) is 0.533. The van der Waals surface area contributed by atoms with E-state index in [1.54, 1.807) is 0 Å². The van der Waals surface area contributed by atoms with Gasteiger partial charge < -0.3 is 9.32 Å². The molecule has 0 spiro atoms. The molecule has 11 rings (SSSR count). The lowest BCUT2D eigenvalue weighted by Gasteiger charge is -2.48. The highest BCUT2D eigenvalue weighted by Gasteiger charge is 2.54. The second-order valence-electron chi connectivity index (χ2n) is 26.8. The second-order valence-corrected chi connectivity index (χ2v) is 26.8. The molecule has 6 aliphatic rings. The lowest BCUT2D eigenvalue weighted by atomic mass is 9.32. The molecule has 0 bridgehead atoms. The molecule has 0 radical (unpaired) electrons. The monoisotopic (exact) mass is 851 g/mol. The Balaban J connectivity index is 1.26. The molecule has 0 unspecified atom stereocenters. The van der Waals surface area contributed by atoms with Crippen molar-refractivity contribution >= 4 is 57.4 Å². The SMILES string of the molecule is CC1(C)CCC(C)(C)c2cc(N3c4cc5c(cc4B4c6c3cccc6N(c3ccc6c(c3)C(C)(C)CCC6(C)C)c3oc6c(c34)C(C)(C)CCC6(C)C)C(C)(C)CCC5(C)C)ccc21. The highest BCUT2D eigenvalue weighted by atomic mass is 16.4. The van der Waals surface area contributed by atoms with E-state index in [-0.39, 0.29) is 50.0 Å². The summed E-state index contributed by atoms with van der Waals surface area (Å²) in [5.74, 6) is 2.22. The number of anilines is 6. The molecule has 4 aliphatic carbocycles. The lowest BCUT2D eigenvalue weighted by Crippen LogP contribution is -2.63. The summed E-state index contributed by atoms with van der Waals surface area (Å²) in [7, 11) is 0. The summed E-state index contributed by atoms with van der Waals surface area (Å²) in [4.78, 5) is 5.27. The maximum atomic E-state index is 7.67. The summed E-state index contributed by atoms with van der Waals surface area (Å²) in [6.07, 6.45) is 9.39. The van der Waals surface area contributed by atoms with Crippen molar-refractivity contribution in [2.24, 2.45) is 0 Å². The van der Waals surface area contributed by atoms with Crippen molar-refractivity contribution in [3.63, 3.8) is 0 Å². The molecule has 3 heterocycles. The van der Waals surface area contributed by atoms with Gasteiger partial charge >= 0.3 is 0 Å². The van der Waals surface area contributed by atoms with Crippen LogP contribution in [0.2, 0.25) is 0 Å². The van der Waals surface area contributed by atoms with Gasteiger partial charge in [-0.3, -0.25) is 4.90 Å².